The number of aromatic nitrogens is 3. The van der Waals surface area contributed by atoms with Crippen molar-refractivity contribution in [3.05, 3.63) is 57.4 Å². The largest absolute Gasteiger partial charge is 0.416 e. The van der Waals surface area contributed by atoms with Gasteiger partial charge in [0.1, 0.15) is 0 Å². The Balaban J connectivity index is 1.57. The van der Waals surface area contributed by atoms with Gasteiger partial charge < -0.3 is 4.42 Å². The first kappa shape index (κ1) is 17.2. The van der Waals surface area contributed by atoms with E-state index in [-0.39, 0.29) is 5.41 Å². The van der Waals surface area contributed by atoms with E-state index in [0.717, 1.165) is 16.5 Å². The molecule has 126 valence electrons. The van der Waals surface area contributed by atoms with Crippen LogP contribution in [0, 0.1) is 6.92 Å². The molecule has 0 aliphatic carbocycles. The molecule has 2 aromatic heterocycles. The molecule has 3 rings (SSSR count). The van der Waals surface area contributed by atoms with Crippen LogP contribution < -0.4 is 0 Å². The van der Waals surface area contributed by atoms with Crippen LogP contribution in [0.2, 0.25) is 0 Å². The van der Waals surface area contributed by atoms with E-state index in [4.69, 9.17) is 4.42 Å². The zero-order valence-electron chi connectivity index (χ0n) is 14.4. The molecule has 0 N–H and O–H groups in total. The van der Waals surface area contributed by atoms with E-state index in [1.807, 2.05) is 12.3 Å². The zero-order chi connectivity index (χ0) is 17.2. The summed E-state index contributed by atoms with van der Waals surface area (Å²) in [5, 5.41) is 11.9. The van der Waals surface area contributed by atoms with Crippen molar-refractivity contribution in [2.75, 3.05) is 0 Å². The lowest BCUT2D eigenvalue weighted by Crippen LogP contribution is -2.10. The lowest BCUT2D eigenvalue weighted by atomic mass is 9.87. The van der Waals surface area contributed by atoms with Gasteiger partial charge in [0.2, 0.25) is 5.89 Å². The van der Waals surface area contributed by atoms with E-state index in [0.29, 0.717) is 17.5 Å². The normalized spacial score (nSPS) is 11.8. The van der Waals surface area contributed by atoms with Crippen molar-refractivity contribution in [2.24, 2.45) is 0 Å². The number of benzene rings is 1. The molecule has 0 radical (unpaired) electrons. The van der Waals surface area contributed by atoms with E-state index in [1.54, 1.807) is 23.1 Å². The van der Waals surface area contributed by atoms with Crippen LogP contribution in [0.25, 0.3) is 0 Å². The Morgan fingerprint density at radius 3 is 2.50 bits per heavy atom. The van der Waals surface area contributed by atoms with Gasteiger partial charge in [-0.2, -0.15) is 0 Å². The predicted octanol–water partition coefficient (Wildman–Crippen LogP) is 5.02. The minimum absolute atomic E-state index is 0.182. The van der Waals surface area contributed by atoms with Gasteiger partial charge in [0.25, 0.3) is 5.22 Å². The van der Waals surface area contributed by atoms with Gasteiger partial charge in [-0.1, -0.05) is 56.8 Å². The molecule has 0 aliphatic rings. The van der Waals surface area contributed by atoms with Gasteiger partial charge in [-0.3, -0.25) is 0 Å². The summed E-state index contributed by atoms with van der Waals surface area (Å²) in [5.74, 6) is 1.44. The number of nitrogens with zero attached hydrogens (tertiary/aromatic N) is 3. The maximum absolute atomic E-state index is 5.70. The van der Waals surface area contributed by atoms with Crippen molar-refractivity contribution in [1.29, 1.82) is 0 Å². The molecule has 4 nitrogen and oxygen atoms in total. The number of thioether (sulfide) groups is 1. The highest BCUT2D eigenvalue weighted by atomic mass is 32.2. The number of hydrogen-bond donors (Lipinski definition) is 0. The van der Waals surface area contributed by atoms with E-state index < -0.39 is 0 Å². The van der Waals surface area contributed by atoms with Crippen LogP contribution >= 0.6 is 23.1 Å². The van der Waals surface area contributed by atoms with Crippen molar-refractivity contribution < 1.29 is 4.42 Å². The summed E-state index contributed by atoms with van der Waals surface area (Å²) in [6.45, 7) is 8.66. The molecule has 0 unspecified atom stereocenters. The predicted molar refractivity (Wildman–Crippen MR) is 98.7 cm³/mol. The monoisotopic (exact) mass is 359 g/mol. The highest BCUT2D eigenvalue weighted by Gasteiger charge is 2.13. The maximum Gasteiger partial charge on any atom is 0.276 e. The van der Waals surface area contributed by atoms with Crippen LogP contribution in [-0.2, 0) is 17.6 Å². The van der Waals surface area contributed by atoms with Crippen molar-refractivity contribution >= 4 is 23.1 Å². The first-order chi connectivity index (χ1) is 11.4. The first-order valence-electron chi connectivity index (χ1n) is 7.86. The maximum atomic E-state index is 5.70. The second-order valence-electron chi connectivity index (χ2n) is 6.73. The molecule has 24 heavy (non-hydrogen) atoms. The fourth-order valence-corrected chi connectivity index (χ4v) is 3.61. The average molecular weight is 360 g/mol. The van der Waals surface area contributed by atoms with Crippen LogP contribution in [0.3, 0.4) is 0 Å². The molecule has 0 spiro atoms. The Bertz CT molecular complexity index is 800. The third-order valence-corrected chi connectivity index (χ3v) is 5.34. The second-order valence-corrected chi connectivity index (χ2v) is 8.72. The Morgan fingerprint density at radius 2 is 1.88 bits per heavy atom. The van der Waals surface area contributed by atoms with Gasteiger partial charge in [-0.05, 0) is 23.5 Å². The first-order valence-corrected chi connectivity index (χ1v) is 9.72. The number of rotatable bonds is 5. The van der Waals surface area contributed by atoms with E-state index in [1.165, 1.54) is 11.1 Å². The van der Waals surface area contributed by atoms with Crippen LogP contribution in [0.15, 0.2) is 39.3 Å². The molecule has 0 saturated carbocycles. The summed E-state index contributed by atoms with van der Waals surface area (Å²) in [7, 11) is 0. The van der Waals surface area contributed by atoms with E-state index >= 15 is 0 Å². The topological polar surface area (TPSA) is 51.8 Å². The highest BCUT2D eigenvalue weighted by Crippen LogP contribution is 2.26. The van der Waals surface area contributed by atoms with Crippen LogP contribution in [0.1, 0.15) is 48.5 Å². The molecule has 2 heterocycles. The Hall–Kier alpha value is -1.66. The minimum Gasteiger partial charge on any atom is -0.416 e. The van der Waals surface area contributed by atoms with Gasteiger partial charge in [0.15, 0.2) is 0 Å². The van der Waals surface area contributed by atoms with E-state index in [9.17, 15) is 0 Å². The van der Waals surface area contributed by atoms with E-state index in [2.05, 4.69) is 60.2 Å². The minimum atomic E-state index is 0.182. The highest BCUT2D eigenvalue weighted by molar-refractivity contribution is 7.98. The van der Waals surface area contributed by atoms with Crippen LogP contribution in [0.5, 0.6) is 0 Å². The fourth-order valence-electron chi connectivity index (χ4n) is 2.26. The molecule has 0 atom stereocenters. The van der Waals surface area contributed by atoms with Gasteiger partial charge >= 0.3 is 0 Å². The SMILES string of the molecule is Cc1nc(Cc2nnc(SCc3ccc(C(C)(C)C)cc3)o2)cs1. The molecule has 0 fully saturated rings. The summed E-state index contributed by atoms with van der Waals surface area (Å²) in [6.07, 6.45) is 0.595. The third kappa shape index (κ3) is 4.45. The number of hydrogen-bond acceptors (Lipinski definition) is 6. The third-order valence-electron chi connectivity index (χ3n) is 3.63. The van der Waals surface area contributed by atoms with Crippen molar-refractivity contribution in [3.8, 4) is 0 Å². The number of aryl methyl sites for hydroxylation is 1. The average Bonchev–Trinajstić information content (AvgIpc) is 3.14. The Morgan fingerprint density at radius 1 is 1.12 bits per heavy atom. The lowest BCUT2D eigenvalue weighted by molar-refractivity contribution is 0.419. The second kappa shape index (κ2) is 7.07. The van der Waals surface area contributed by atoms with Gasteiger partial charge in [-0.25, -0.2) is 4.98 Å². The molecule has 0 aliphatic heterocycles. The molecule has 0 amide bonds. The zero-order valence-corrected chi connectivity index (χ0v) is 16.0. The quantitative estimate of drug-likeness (QED) is 0.599. The Labute approximate surface area is 150 Å². The molecular weight excluding hydrogens is 338 g/mol. The molecular formula is C18H21N3OS2. The standard InChI is InChI=1S/C18H21N3OS2/c1-12-19-15(11-23-12)9-16-20-21-17(22-16)24-10-13-5-7-14(8-6-13)18(2,3)4/h5-8,11H,9-10H2,1-4H3. The summed E-state index contributed by atoms with van der Waals surface area (Å²) < 4.78 is 5.70. The Kier molecular flexibility index (Phi) is 5.06. The molecule has 0 bridgehead atoms. The summed E-state index contributed by atoms with van der Waals surface area (Å²) in [5.41, 5.74) is 3.76. The van der Waals surface area contributed by atoms with Crippen molar-refractivity contribution in [3.63, 3.8) is 0 Å². The molecule has 6 heteroatoms. The van der Waals surface area contributed by atoms with Crippen molar-refractivity contribution in [2.45, 2.75) is 50.5 Å². The smallest absolute Gasteiger partial charge is 0.276 e. The summed E-state index contributed by atoms with van der Waals surface area (Å²) in [4.78, 5) is 4.42. The summed E-state index contributed by atoms with van der Waals surface area (Å²) in [6, 6.07) is 8.73. The van der Waals surface area contributed by atoms with Crippen molar-refractivity contribution in [1.82, 2.24) is 15.2 Å². The van der Waals surface area contributed by atoms with Crippen LogP contribution in [-0.4, -0.2) is 15.2 Å². The summed E-state index contributed by atoms with van der Waals surface area (Å²) >= 11 is 3.20. The fraction of sp³-hybridized carbons (Fsp3) is 0.389. The van der Waals surface area contributed by atoms with Gasteiger partial charge in [-0.15, -0.1) is 21.5 Å². The van der Waals surface area contributed by atoms with Gasteiger partial charge in [0, 0.05) is 11.1 Å². The number of thiazole rings is 1. The van der Waals surface area contributed by atoms with Crippen LogP contribution in [0.4, 0.5) is 0 Å². The lowest BCUT2D eigenvalue weighted by Gasteiger charge is -2.19. The molecule has 1 aromatic carbocycles. The van der Waals surface area contributed by atoms with Gasteiger partial charge in [0.05, 0.1) is 17.1 Å². The molecule has 0 saturated heterocycles. The molecule has 3 aromatic rings.